The van der Waals surface area contributed by atoms with Crippen molar-refractivity contribution < 1.29 is 13.5 Å². The first-order valence-corrected chi connectivity index (χ1v) is 6.04. The SMILES string of the molecule is NCc1cccc(F)c1OCc1cc(Cl)ccc1F. The van der Waals surface area contributed by atoms with Gasteiger partial charge in [0, 0.05) is 22.7 Å². The highest BCUT2D eigenvalue weighted by molar-refractivity contribution is 6.30. The molecule has 0 aliphatic carbocycles. The van der Waals surface area contributed by atoms with Crippen LogP contribution in [0.25, 0.3) is 0 Å². The van der Waals surface area contributed by atoms with Crippen molar-refractivity contribution in [2.24, 2.45) is 5.73 Å². The molecular weight excluding hydrogens is 272 g/mol. The van der Waals surface area contributed by atoms with Crippen LogP contribution in [0.1, 0.15) is 11.1 Å². The topological polar surface area (TPSA) is 35.2 Å². The maximum absolute atomic E-state index is 13.6. The van der Waals surface area contributed by atoms with Gasteiger partial charge in [0.25, 0.3) is 0 Å². The highest BCUT2D eigenvalue weighted by Crippen LogP contribution is 2.24. The van der Waals surface area contributed by atoms with E-state index in [1.54, 1.807) is 12.1 Å². The molecule has 0 heterocycles. The molecule has 0 radical (unpaired) electrons. The minimum absolute atomic E-state index is 0.0457. The lowest BCUT2D eigenvalue weighted by molar-refractivity contribution is 0.281. The largest absolute Gasteiger partial charge is 0.485 e. The molecule has 2 aromatic rings. The molecule has 0 aliphatic heterocycles. The molecule has 2 aromatic carbocycles. The van der Waals surface area contributed by atoms with Gasteiger partial charge in [-0.15, -0.1) is 0 Å². The van der Waals surface area contributed by atoms with Gasteiger partial charge in [0.15, 0.2) is 11.6 Å². The summed E-state index contributed by atoms with van der Waals surface area (Å²) in [6.45, 7) is 0.0332. The van der Waals surface area contributed by atoms with Gasteiger partial charge < -0.3 is 10.5 Å². The summed E-state index contributed by atoms with van der Waals surface area (Å²) in [4.78, 5) is 0. The number of rotatable bonds is 4. The lowest BCUT2D eigenvalue weighted by Crippen LogP contribution is -2.05. The van der Waals surface area contributed by atoms with E-state index in [0.29, 0.717) is 10.6 Å². The average molecular weight is 284 g/mol. The zero-order valence-corrected chi connectivity index (χ0v) is 10.8. The first-order chi connectivity index (χ1) is 9.11. The van der Waals surface area contributed by atoms with Crippen LogP contribution >= 0.6 is 11.6 Å². The Morgan fingerprint density at radius 3 is 2.58 bits per heavy atom. The van der Waals surface area contributed by atoms with E-state index in [4.69, 9.17) is 22.1 Å². The molecule has 0 amide bonds. The molecule has 100 valence electrons. The Hall–Kier alpha value is -1.65. The third-order valence-corrected chi connectivity index (χ3v) is 2.88. The number of hydrogen-bond acceptors (Lipinski definition) is 2. The van der Waals surface area contributed by atoms with E-state index in [0.717, 1.165) is 0 Å². The monoisotopic (exact) mass is 283 g/mol. The standard InChI is InChI=1S/C14H12ClF2NO/c15-11-4-5-12(16)10(6-11)8-19-14-9(7-18)2-1-3-13(14)17/h1-6H,7-8,18H2. The van der Waals surface area contributed by atoms with Crippen molar-refractivity contribution in [1.82, 2.24) is 0 Å². The van der Waals surface area contributed by atoms with E-state index in [1.807, 2.05) is 0 Å². The highest BCUT2D eigenvalue weighted by atomic mass is 35.5. The van der Waals surface area contributed by atoms with E-state index in [9.17, 15) is 8.78 Å². The number of ether oxygens (including phenoxy) is 1. The van der Waals surface area contributed by atoms with E-state index < -0.39 is 11.6 Å². The number of halogens is 3. The summed E-state index contributed by atoms with van der Waals surface area (Å²) in [5.74, 6) is -0.926. The van der Waals surface area contributed by atoms with Crippen LogP contribution in [0.4, 0.5) is 8.78 Å². The summed E-state index contributed by atoms with van der Waals surface area (Å²) in [5, 5.41) is 0.396. The van der Waals surface area contributed by atoms with Crippen molar-refractivity contribution in [3.63, 3.8) is 0 Å². The average Bonchev–Trinajstić information content (AvgIpc) is 2.40. The van der Waals surface area contributed by atoms with Crippen molar-refractivity contribution in [2.75, 3.05) is 0 Å². The fourth-order valence-electron chi connectivity index (χ4n) is 1.68. The summed E-state index contributed by atoms with van der Waals surface area (Å²) in [6, 6.07) is 8.60. The summed E-state index contributed by atoms with van der Waals surface area (Å²) in [6.07, 6.45) is 0. The Balaban J connectivity index is 2.21. The number of para-hydroxylation sites is 1. The van der Waals surface area contributed by atoms with Crippen LogP contribution in [0, 0.1) is 11.6 Å². The predicted molar refractivity (Wildman–Crippen MR) is 70.0 cm³/mol. The smallest absolute Gasteiger partial charge is 0.165 e. The molecule has 0 bridgehead atoms. The molecule has 0 spiro atoms. The van der Waals surface area contributed by atoms with Gasteiger partial charge in [-0.25, -0.2) is 8.78 Å². The quantitative estimate of drug-likeness (QED) is 0.929. The van der Waals surface area contributed by atoms with Crippen LogP contribution in [0.2, 0.25) is 5.02 Å². The van der Waals surface area contributed by atoms with Crippen LogP contribution in [-0.4, -0.2) is 0 Å². The molecule has 0 atom stereocenters. The van der Waals surface area contributed by atoms with Crippen molar-refractivity contribution >= 4 is 11.6 Å². The fraction of sp³-hybridized carbons (Fsp3) is 0.143. The Morgan fingerprint density at radius 2 is 1.84 bits per heavy atom. The molecule has 0 unspecified atom stereocenters. The van der Waals surface area contributed by atoms with Gasteiger partial charge in [-0.3, -0.25) is 0 Å². The Bertz CT molecular complexity index is 590. The third-order valence-electron chi connectivity index (χ3n) is 2.65. The van der Waals surface area contributed by atoms with Crippen LogP contribution in [0.5, 0.6) is 5.75 Å². The molecule has 2 rings (SSSR count). The second-order valence-corrected chi connectivity index (χ2v) is 4.39. The van der Waals surface area contributed by atoms with Crippen molar-refractivity contribution in [3.05, 3.63) is 64.2 Å². The van der Waals surface area contributed by atoms with Crippen molar-refractivity contribution in [2.45, 2.75) is 13.2 Å². The minimum Gasteiger partial charge on any atom is -0.485 e. The van der Waals surface area contributed by atoms with E-state index >= 15 is 0 Å². The summed E-state index contributed by atoms with van der Waals surface area (Å²) in [7, 11) is 0. The maximum Gasteiger partial charge on any atom is 0.165 e. The van der Waals surface area contributed by atoms with Gasteiger partial charge in [-0.2, -0.15) is 0 Å². The molecule has 2 nitrogen and oxygen atoms in total. The molecule has 0 aromatic heterocycles. The zero-order chi connectivity index (χ0) is 13.8. The van der Waals surface area contributed by atoms with Gasteiger partial charge in [-0.05, 0) is 24.3 Å². The molecule has 5 heteroatoms. The number of benzene rings is 2. The van der Waals surface area contributed by atoms with E-state index in [2.05, 4.69) is 0 Å². The predicted octanol–water partition coefficient (Wildman–Crippen LogP) is 3.66. The van der Waals surface area contributed by atoms with E-state index in [1.165, 1.54) is 24.3 Å². The number of nitrogens with two attached hydrogens (primary N) is 1. The Kier molecular flexibility index (Phi) is 4.35. The molecule has 0 saturated heterocycles. The lowest BCUT2D eigenvalue weighted by atomic mass is 10.2. The van der Waals surface area contributed by atoms with Gasteiger partial charge >= 0.3 is 0 Å². The Labute approximate surface area is 114 Å². The van der Waals surface area contributed by atoms with Crippen LogP contribution < -0.4 is 10.5 Å². The van der Waals surface area contributed by atoms with Gasteiger partial charge in [-0.1, -0.05) is 23.7 Å². The lowest BCUT2D eigenvalue weighted by Gasteiger charge is -2.12. The molecule has 2 N–H and O–H groups in total. The van der Waals surface area contributed by atoms with Crippen molar-refractivity contribution in [3.8, 4) is 5.75 Å². The zero-order valence-electron chi connectivity index (χ0n) is 10.00. The van der Waals surface area contributed by atoms with Crippen molar-refractivity contribution in [1.29, 1.82) is 0 Å². The first kappa shape index (κ1) is 13.8. The molecular formula is C14H12ClF2NO. The molecule has 0 aliphatic rings. The Morgan fingerprint density at radius 1 is 1.05 bits per heavy atom. The molecule has 0 fully saturated rings. The second kappa shape index (κ2) is 5.99. The summed E-state index contributed by atoms with van der Waals surface area (Å²) < 4.78 is 32.4. The second-order valence-electron chi connectivity index (χ2n) is 3.96. The summed E-state index contributed by atoms with van der Waals surface area (Å²) in [5.41, 5.74) is 6.29. The fourth-order valence-corrected chi connectivity index (χ4v) is 1.87. The summed E-state index contributed by atoms with van der Waals surface area (Å²) >= 11 is 5.77. The first-order valence-electron chi connectivity index (χ1n) is 5.66. The third kappa shape index (κ3) is 3.22. The van der Waals surface area contributed by atoms with Gasteiger partial charge in [0.1, 0.15) is 12.4 Å². The molecule has 19 heavy (non-hydrogen) atoms. The molecule has 0 saturated carbocycles. The van der Waals surface area contributed by atoms with Crippen LogP contribution in [-0.2, 0) is 13.2 Å². The normalized spacial score (nSPS) is 10.5. The van der Waals surface area contributed by atoms with Gasteiger partial charge in [0.2, 0.25) is 0 Å². The van der Waals surface area contributed by atoms with Crippen LogP contribution in [0.3, 0.4) is 0 Å². The maximum atomic E-state index is 13.6. The minimum atomic E-state index is -0.523. The van der Waals surface area contributed by atoms with Crippen LogP contribution in [0.15, 0.2) is 36.4 Å². The van der Waals surface area contributed by atoms with E-state index in [-0.39, 0.29) is 24.5 Å². The number of hydrogen-bond donors (Lipinski definition) is 1. The van der Waals surface area contributed by atoms with Gasteiger partial charge in [0.05, 0.1) is 0 Å². The highest BCUT2D eigenvalue weighted by Gasteiger charge is 2.10.